The molecule has 0 fully saturated rings. The predicted octanol–water partition coefficient (Wildman–Crippen LogP) is 4.74. The summed E-state index contributed by atoms with van der Waals surface area (Å²) >= 11 is 12.4. The quantitative estimate of drug-likeness (QED) is 0.374. The molecule has 0 radical (unpaired) electrons. The van der Waals surface area contributed by atoms with Crippen LogP contribution in [0, 0.1) is 5.92 Å². The highest BCUT2D eigenvalue weighted by Gasteiger charge is 2.33. The van der Waals surface area contributed by atoms with Crippen molar-refractivity contribution in [2.75, 3.05) is 30.3 Å². The van der Waals surface area contributed by atoms with Crippen molar-refractivity contribution >= 4 is 50.7 Å². The van der Waals surface area contributed by atoms with Gasteiger partial charge in [0.05, 0.1) is 18.6 Å². The van der Waals surface area contributed by atoms with Crippen molar-refractivity contribution in [2.45, 2.75) is 46.7 Å². The molecule has 2 aromatic rings. The summed E-state index contributed by atoms with van der Waals surface area (Å²) in [4.78, 5) is 28.3. The van der Waals surface area contributed by atoms with E-state index in [-0.39, 0.29) is 24.1 Å². The first kappa shape index (κ1) is 30.7. The summed E-state index contributed by atoms with van der Waals surface area (Å²) in [5.41, 5.74) is 0.817. The fourth-order valence-corrected chi connectivity index (χ4v) is 5.03. The van der Waals surface area contributed by atoms with E-state index in [4.69, 9.17) is 27.9 Å². The second kappa shape index (κ2) is 13.9. The van der Waals surface area contributed by atoms with Crippen LogP contribution in [0.3, 0.4) is 0 Å². The Hall–Kier alpha value is -2.49. The number of halogens is 2. The van der Waals surface area contributed by atoms with Crippen LogP contribution in [0.1, 0.15) is 39.7 Å². The molecule has 0 spiro atoms. The van der Waals surface area contributed by atoms with Gasteiger partial charge in [0.1, 0.15) is 18.3 Å². The summed E-state index contributed by atoms with van der Waals surface area (Å²) in [6.45, 7) is 7.74. The highest BCUT2D eigenvalue weighted by atomic mass is 35.5. The number of para-hydroxylation sites is 2. The minimum atomic E-state index is -3.89. The van der Waals surface area contributed by atoms with Gasteiger partial charge in [-0.25, -0.2) is 8.42 Å². The molecule has 0 heterocycles. The average Bonchev–Trinajstić information content (AvgIpc) is 2.82. The number of hydrogen-bond donors (Lipinski definition) is 1. The number of anilines is 1. The standard InChI is InChI=1S/C26H35Cl2N3O5S/c1-6-22(26(33)29-15-18(3)4)30(16-19-12-13-20(27)14-21(19)28)25(32)17-31(37(5,34)35)23-10-8-9-11-24(23)36-7-2/h8-14,18,22H,6-7,15-17H2,1-5H3,(H,29,33)/t22-/m1/s1. The fraction of sp³-hybridized carbons (Fsp3) is 0.462. The molecule has 0 saturated carbocycles. The van der Waals surface area contributed by atoms with Gasteiger partial charge in [0, 0.05) is 23.1 Å². The first-order valence-electron chi connectivity index (χ1n) is 12.1. The number of ether oxygens (including phenoxy) is 1. The van der Waals surface area contributed by atoms with Crippen molar-refractivity contribution in [1.29, 1.82) is 0 Å². The van der Waals surface area contributed by atoms with E-state index in [2.05, 4.69) is 5.32 Å². The first-order valence-corrected chi connectivity index (χ1v) is 14.7. The van der Waals surface area contributed by atoms with E-state index in [1.54, 1.807) is 56.3 Å². The summed E-state index contributed by atoms with van der Waals surface area (Å²) in [5.74, 6) is -0.339. The molecule has 0 unspecified atom stereocenters. The van der Waals surface area contributed by atoms with Crippen LogP contribution >= 0.6 is 23.2 Å². The van der Waals surface area contributed by atoms with Crippen LogP contribution in [0.2, 0.25) is 10.0 Å². The maximum atomic E-state index is 13.8. The molecule has 2 amide bonds. The number of hydrogen-bond acceptors (Lipinski definition) is 5. The van der Waals surface area contributed by atoms with Crippen LogP contribution in [-0.2, 0) is 26.2 Å². The molecular weight excluding hydrogens is 537 g/mol. The van der Waals surface area contributed by atoms with Gasteiger partial charge in [0.15, 0.2) is 0 Å². The van der Waals surface area contributed by atoms with Gasteiger partial charge in [0.2, 0.25) is 21.8 Å². The molecule has 204 valence electrons. The summed E-state index contributed by atoms with van der Waals surface area (Å²) in [5, 5.41) is 3.65. The van der Waals surface area contributed by atoms with Crippen molar-refractivity contribution in [3.63, 3.8) is 0 Å². The number of nitrogens with one attached hydrogen (secondary N) is 1. The van der Waals surface area contributed by atoms with Gasteiger partial charge in [-0.3, -0.25) is 13.9 Å². The average molecular weight is 573 g/mol. The lowest BCUT2D eigenvalue weighted by Crippen LogP contribution is -2.52. The molecule has 2 rings (SSSR count). The summed E-state index contributed by atoms with van der Waals surface area (Å²) in [7, 11) is -3.89. The third-order valence-corrected chi connectivity index (χ3v) is 7.25. The monoisotopic (exact) mass is 571 g/mol. The number of carbonyl (C=O) groups excluding carboxylic acids is 2. The third kappa shape index (κ3) is 8.79. The normalized spacial score (nSPS) is 12.2. The maximum absolute atomic E-state index is 13.8. The Kier molecular flexibility index (Phi) is 11.5. The molecule has 0 aliphatic heterocycles. The van der Waals surface area contributed by atoms with Crippen molar-refractivity contribution in [1.82, 2.24) is 10.2 Å². The van der Waals surface area contributed by atoms with Crippen LogP contribution in [0.15, 0.2) is 42.5 Å². The van der Waals surface area contributed by atoms with Crippen molar-refractivity contribution in [3.8, 4) is 5.75 Å². The van der Waals surface area contributed by atoms with Crippen molar-refractivity contribution < 1.29 is 22.7 Å². The number of benzene rings is 2. The molecule has 0 saturated heterocycles. The molecule has 0 bridgehead atoms. The lowest BCUT2D eigenvalue weighted by Gasteiger charge is -2.33. The van der Waals surface area contributed by atoms with Gasteiger partial charge >= 0.3 is 0 Å². The van der Waals surface area contributed by atoms with Gasteiger partial charge in [-0.2, -0.15) is 0 Å². The largest absolute Gasteiger partial charge is 0.492 e. The van der Waals surface area contributed by atoms with E-state index in [9.17, 15) is 18.0 Å². The van der Waals surface area contributed by atoms with E-state index in [0.29, 0.717) is 40.9 Å². The van der Waals surface area contributed by atoms with E-state index >= 15 is 0 Å². The van der Waals surface area contributed by atoms with Gasteiger partial charge in [-0.15, -0.1) is 0 Å². The Balaban J connectivity index is 2.50. The molecule has 11 heteroatoms. The van der Waals surface area contributed by atoms with Gasteiger partial charge in [0.25, 0.3) is 0 Å². The molecule has 8 nitrogen and oxygen atoms in total. The van der Waals surface area contributed by atoms with Crippen LogP contribution < -0.4 is 14.4 Å². The van der Waals surface area contributed by atoms with Gasteiger partial charge in [-0.05, 0) is 49.1 Å². The Bertz CT molecular complexity index is 1190. The first-order chi connectivity index (χ1) is 17.4. The highest BCUT2D eigenvalue weighted by molar-refractivity contribution is 7.92. The van der Waals surface area contributed by atoms with Crippen LogP contribution in [0.5, 0.6) is 5.75 Å². The van der Waals surface area contributed by atoms with E-state index in [1.807, 2.05) is 13.8 Å². The molecule has 1 N–H and O–H groups in total. The van der Waals surface area contributed by atoms with Crippen LogP contribution in [0.25, 0.3) is 0 Å². The van der Waals surface area contributed by atoms with Crippen molar-refractivity contribution in [2.24, 2.45) is 5.92 Å². The minimum Gasteiger partial charge on any atom is -0.492 e. The number of amides is 2. The smallest absolute Gasteiger partial charge is 0.244 e. The second-order valence-corrected chi connectivity index (χ2v) is 11.7. The van der Waals surface area contributed by atoms with E-state index in [1.165, 1.54) is 4.90 Å². The lowest BCUT2D eigenvalue weighted by molar-refractivity contribution is -0.140. The van der Waals surface area contributed by atoms with Gasteiger partial charge < -0.3 is 15.0 Å². The number of carbonyl (C=O) groups is 2. The molecule has 1 atom stereocenters. The summed E-state index contributed by atoms with van der Waals surface area (Å²) in [6, 6.07) is 10.6. The summed E-state index contributed by atoms with van der Waals surface area (Å²) < 4.78 is 32.3. The highest BCUT2D eigenvalue weighted by Crippen LogP contribution is 2.30. The lowest BCUT2D eigenvalue weighted by atomic mass is 10.1. The van der Waals surface area contributed by atoms with Crippen molar-refractivity contribution in [3.05, 3.63) is 58.1 Å². The van der Waals surface area contributed by atoms with E-state index < -0.39 is 28.5 Å². The molecule has 0 aliphatic rings. The molecule has 37 heavy (non-hydrogen) atoms. The summed E-state index contributed by atoms with van der Waals surface area (Å²) in [6.07, 6.45) is 1.34. The zero-order valence-electron chi connectivity index (χ0n) is 21.8. The van der Waals surface area contributed by atoms with Gasteiger partial charge in [-0.1, -0.05) is 62.2 Å². The SMILES string of the molecule is CCOc1ccccc1N(CC(=O)N(Cc1ccc(Cl)cc1Cl)[C@H](CC)C(=O)NCC(C)C)S(C)(=O)=O. The number of nitrogens with zero attached hydrogens (tertiary/aromatic N) is 2. The third-order valence-electron chi connectivity index (χ3n) is 5.54. The molecule has 2 aromatic carbocycles. The number of sulfonamides is 1. The molecule has 0 aliphatic carbocycles. The van der Waals surface area contributed by atoms with Crippen LogP contribution in [0.4, 0.5) is 5.69 Å². The molecule has 0 aromatic heterocycles. The Morgan fingerprint density at radius 2 is 1.76 bits per heavy atom. The zero-order chi connectivity index (χ0) is 27.8. The molecular formula is C26H35Cl2N3O5S. The predicted molar refractivity (Wildman–Crippen MR) is 149 cm³/mol. The Labute approximate surface area is 229 Å². The van der Waals surface area contributed by atoms with E-state index in [0.717, 1.165) is 10.6 Å². The fourth-order valence-electron chi connectivity index (χ4n) is 3.71. The number of rotatable bonds is 13. The minimum absolute atomic E-state index is 0.00680. The van der Waals surface area contributed by atoms with Crippen LogP contribution in [-0.4, -0.2) is 57.1 Å². The topological polar surface area (TPSA) is 96.0 Å². The second-order valence-electron chi connectivity index (χ2n) is 8.99. The Morgan fingerprint density at radius 3 is 2.32 bits per heavy atom. The zero-order valence-corrected chi connectivity index (χ0v) is 24.2. The Morgan fingerprint density at radius 1 is 1.08 bits per heavy atom. The maximum Gasteiger partial charge on any atom is 0.244 e.